The van der Waals surface area contributed by atoms with Gasteiger partial charge in [-0.15, -0.1) is 0 Å². The van der Waals surface area contributed by atoms with Crippen molar-refractivity contribution < 1.29 is 125 Å². The summed E-state index contributed by atoms with van der Waals surface area (Å²) >= 11 is 0. The minimum Gasteiger partial charge on any atom is -0.480 e. The number of esters is 2. The van der Waals surface area contributed by atoms with E-state index in [1.807, 2.05) is 140 Å². The number of aldehydes is 1. The number of benzene rings is 5. The van der Waals surface area contributed by atoms with Gasteiger partial charge in [0.2, 0.25) is 17.9 Å². The van der Waals surface area contributed by atoms with Crippen molar-refractivity contribution in [3.05, 3.63) is 211 Å². The van der Waals surface area contributed by atoms with E-state index in [2.05, 4.69) is 54.9 Å². The van der Waals surface area contributed by atoms with Gasteiger partial charge in [0.05, 0.1) is 30.8 Å². The number of alkyl carbamates (subject to hydrolysis) is 4. The first kappa shape index (κ1) is 109. The Labute approximate surface area is 743 Å². The molecule has 6 amide bonds. The average molecular weight is 1790 g/mol. The fourth-order valence-corrected chi connectivity index (χ4v) is 12.6. The predicted octanol–water partition coefficient (Wildman–Crippen LogP) is 11.7. The van der Waals surface area contributed by atoms with Gasteiger partial charge < -0.3 is 75.5 Å². The Morgan fingerprint density at radius 2 is 0.883 bits per heavy atom. The van der Waals surface area contributed by atoms with Crippen LogP contribution in [0.1, 0.15) is 196 Å². The number of ether oxygens (including phenoxy) is 7. The van der Waals surface area contributed by atoms with Crippen LogP contribution in [0.4, 0.5) is 24.0 Å². The molecule has 7 unspecified atom stereocenters. The Morgan fingerprint density at radius 1 is 0.508 bits per heavy atom. The molecule has 1 fully saturated rings. The number of amides is 6. The van der Waals surface area contributed by atoms with Crippen LogP contribution in [0, 0.1) is 26.1 Å². The van der Waals surface area contributed by atoms with Crippen LogP contribution in [-0.4, -0.2) is 205 Å². The van der Waals surface area contributed by atoms with Gasteiger partial charge in [0.1, 0.15) is 42.1 Å². The molecule has 0 spiro atoms. The summed E-state index contributed by atoms with van der Waals surface area (Å²) in [5.74, 6) is -5.81. The van der Waals surface area contributed by atoms with E-state index in [0.717, 1.165) is 38.9 Å². The fraction of sp³-hybridized carbons (Fsp3) is 0.478. The molecule has 5 aromatic rings. The number of nitrogens with zero attached hydrogens (tertiary/aromatic N) is 3. The maximum Gasteiger partial charge on any atom is 0.533 e. The Balaban J connectivity index is 0.000000407. The first-order chi connectivity index (χ1) is 59.3. The number of carbonyl (C=O) groups excluding carboxylic acids is 10. The highest BCUT2D eigenvalue weighted by atomic mass is 16.8. The minimum atomic E-state index is -1.44. The van der Waals surface area contributed by atoms with Gasteiger partial charge in [0.15, 0.2) is 12.1 Å². The summed E-state index contributed by atoms with van der Waals surface area (Å²) in [4.78, 5) is 172. The standard InChI is InChI=1S/C25H32N2O6.C19H15NO5.C18H28N2O4.C13H18N2O4.C10H20N2O4.C3H7NO2.C2H2O3/c1-24(2,3)33-23(31)27-25(4,5)20(21(28)29)26-22(30)32-14-19-17-12-8-6-10-15(17)16-11-7-9-13-18(16)19;21-17-9-10-18(22)20(17)25-19(23)24-11-16-14-7-3-1-5-12(14)13-6-2-4-8-15(13)16;1-17(2,3)24-16(22)20-18(4,5)14(15(21)23-6)19-12-13-10-8-7-9-11-13;1-13(2,15(17)18)11(12(16)19-3)14-9-10-7-5-4-6-8-10;1-9(2,3)16-8(15)12-10(4,5)6(11)7(13)14;1-3(2)4(5)6;3-1-2(4)5/h6-13,15,17,19-20H,14H2,1-5H3,(H,26,30)(H,27,31)(H,28,29);1-8,16H,9-11H2;7-11,14,19H,12H2,1-6H3,(H,20,22);4-8,11,14H,9H2,1-3H3;6H,11H2,1-5H3,(H,12,15)(H,13,14);3H,1-2H3;1H,(H,4,5). The summed E-state index contributed by atoms with van der Waals surface area (Å²) in [6.45, 7) is 32.0. The molecule has 3 aliphatic carbocycles. The normalized spacial score (nSPS) is 15.6. The lowest BCUT2D eigenvalue weighted by Gasteiger charge is -2.34. The van der Waals surface area contributed by atoms with Gasteiger partial charge >= 0.3 is 60.4 Å². The van der Waals surface area contributed by atoms with Crippen LogP contribution in [0.25, 0.3) is 11.1 Å². The number of hydrogen-bond acceptors (Lipinski definition) is 28. The number of methoxy groups -OCH3 is 2. The van der Waals surface area contributed by atoms with Crippen LogP contribution in [0.5, 0.6) is 0 Å². The van der Waals surface area contributed by atoms with Crippen LogP contribution in [-0.2, 0) is 89.4 Å². The van der Waals surface area contributed by atoms with Crippen molar-refractivity contribution >= 4 is 78.5 Å². The molecule has 7 atom stereocenters. The van der Waals surface area contributed by atoms with Crippen molar-refractivity contribution in [2.75, 3.05) is 27.4 Å². The molecule has 4 aliphatic rings. The number of rotatable bonds is 26. The molecule has 0 bridgehead atoms. The fourth-order valence-electron chi connectivity index (χ4n) is 12.6. The zero-order valence-corrected chi connectivity index (χ0v) is 76.0. The molecule has 1 saturated heterocycles. The van der Waals surface area contributed by atoms with E-state index in [9.17, 15) is 78.1 Å². The molecular weight excluding hydrogens is 1670 g/mol. The largest absolute Gasteiger partial charge is 0.533 e. The van der Waals surface area contributed by atoms with Crippen LogP contribution in [0.2, 0.25) is 0 Å². The molecule has 128 heavy (non-hydrogen) atoms. The SMILES string of the molecule is CC(C)(C)OC(=O)NC(C)(C)C(N)C(=O)O.CC(C)(C)OC(=O)NC(C)(C)C(NC(=O)OCC1c2ccccc2C2C=CC=CC21)C(=O)O.CC(C)[N+](=O)[O-].COC(=O)C(NCc1ccccc1)C(C)(C)NC(=O)OC(C)(C)C.COC(=O)C(NCc1ccccc1)C(C)(C)[N+](=O)[O-].O=C(OCC1c2ccccc2-c2ccccc21)ON1C(=O)CCC1=O.O=CC(=O)O. The molecule has 0 aromatic heterocycles. The number of allylic oxidation sites excluding steroid dienone is 4. The van der Waals surface area contributed by atoms with Gasteiger partial charge in [-0.2, -0.15) is 0 Å². The topological polar surface area (TPSA) is 544 Å². The lowest BCUT2D eigenvalue weighted by atomic mass is 9.84. The molecular formula is C90H122N10O28. The Kier molecular flexibility index (Phi) is 41.7. The molecule has 5 aromatic carbocycles. The van der Waals surface area contributed by atoms with Crippen molar-refractivity contribution in [2.24, 2.45) is 11.7 Å². The highest BCUT2D eigenvalue weighted by Crippen LogP contribution is 2.49. The molecule has 0 radical (unpaired) electrons. The van der Waals surface area contributed by atoms with E-state index in [-0.39, 0.29) is 60.9 Å². The zero-order chi connectivity index (χ0) is 97.2. The van der Waals surface area contributed by atoms with E-state index in [0.29, 0.717) is 18.2 Å². The zero-order valence-electron chi connectivity index (χ0n) is 76.0. The van der Waals surface area contributed by atoms with Crippen molar-refractivity contribution in [2.45, 2.75) is 244 Å². The number of nitro groups is 2. The number of hydroxylamine groups is 2. The number of carbonyl (C=O) groups is 13. The number of nitrogens with two attached hydrogens (primary N) is 1. The quantitative estimate of drug-likeness (QED) is 0.00467. The Morgan fingerprint density at radius 3 is 1.27 bits per heavy atom. The molecule has 1 aliphatic heterocycles. The molecule has 1 heterocycles. The van der Waals surface area contributed by atoms with Gasteiger partial charge in [0, 0.05) is 81.2 Å². The molecule has 11 N–H and O–H groups in total. The van der Waals surface area contributed by atoms with E-state index in [1.54, 1.807) is 90.0 Å². The number of nitrogens with one attached hydrogen (secondary N) is 6. The van der Waals surface area contributed by atoms with Crippen molar-refractivity contribution in [3.8, 4) is 11.1 Å². The van der Waals surface area contributed by atoms with E-state index < -0.39 is 146 Å². The van der Waals surface area contributed by atoms with Crippen LogP contribution in [0.3, 0.4) is 0 Å². The van der Waals surface area contributed by atoms with Gasteiger partial charge in [-0.25, -0.2) is 33.6 Å². The highest BCUT2D eigenvalue weighted by molar-refractivity contribution is 6.19. The van der Waals surface area contributed by atoms with Gasteiger partial charge in [-0.05, 0) is 154 Å². The summed E-state index contributed by atoms with van der Waals surface area (Å²) in [5, 5.41) is 62.9. The van der Waals surface area contributed by atoms with Gasteiger partial charge in [0.25, 0.3) is 11.8 Å². The number of carboxylic acid groups (broad SMARTS) is 3. The number of carboxylic acids is 3. The number of imide groups is 1. The summed E-state index contributed by atoms with van der Waals surface area (Å²) in [6, 6.07) is 38.2. The van der Waals surface area contributed by atoms with Gasteiger partial charge in [-0.3, -0.25) is 64.5 Å². The highest BCUT2D eigenvalue weighted by Gasteiger charge is 2.47. The molecule has 700 valence electrons. The molecule has 0 saturated carbocycles. The number of fused-ring (bicyclic) bond motifs is 6. The maximum atomic E-state index is 12.6. The van der Waals surface area contributed by atoms with Crippen molar-refractivity contribution in [1.82, 2.24) is 37.0 Å². The van der Waals surface area contributed by atoms with Gasteiger partial charge in [-0.1, -0.05) is 163 Å². The summed E-state index contributed by atoms with van der Waals surface area (Å²) in [7, 11) is 2.54. The van der Waals surface area contributed by atoms with E-state index in [4.69, 9.17) is 58.8 Å². The second kappa shape index (κ2) is 49.0. The second-order valence-corrected chi connectivity index (χ2v) is 34.8. The van der Waals surface area contributed by atoms with Crippen molar-refractivity contribution in [1.29, 1.82) is 0 Å². The van der Waals surface area contributed by atoms with Crippen LogP contribution < -0.4 is 37.6 Å². The molecule has 9 rings (SSSR count). The van der Waals surface area contributed by atoms with E-state index in [1.165, 1.54) is 61.3 Å². The molecule has 38 nitrogen and oxygen atoms in total. The summed E-state index contributed by atoms with van der Waals surface area (Å²) < 4.78 is 35.7. The number of aliphatic carboxylic acids is 3. The lowest BCUT2D eigenvalue weighted by Crippen LogP contribution is -2.62. The van der Waals surface area contributed by atoms with Crippen LogP contribution in [0.15, 0.2) is 158 Å². The van der Waals surface area contributed by atoms with Crippen molar-refractivity contribution in [3.63, 3.8) is 0 Å². The Hall–Kier alpha value is -13.2. The maximum absolute atomic E-state index is 12.6. The predicted molar refractivity (Wildman–Crippen MR) is 468 cm³/mol. The summed E-state index contributed by atoms with van der Waals surface area (Å²) in [6.07, 6.45) is 4.25. The third-order valence-corrected chi connectivity index (χ3v) is 19.0. The lowest BCUT2D eigenvalue weighted by molar-refractivity contribution is -0.563. The minimum absolute atomic E-state index is 0.0330. The average Bonchev–Trinajstić information content (AvgIpc) is 1.62. The third-order valence-electron chi connectivity index (χ3n) is 19.0. The van der Waals surface area contributed by atoms with Crippen LogP contribution >= 0.6 is 0 Å². The first-order valence-corrected chi connectivity index (χ1v) is 40.5. The van der Waals surface area contributed by atoms with E-state index >= 15 is 0 Å². The first-order valence-electron chi connectivity index (χ1n) is 40.5. The Bertz CT molecular complexity index is 4640. The monoisotopic (exact) mass is 1790 g/mol. The second-order valence-electron chi connectivity index (χ2n) is 34.8. The smallest absolute Gasteiger partial charge is 0.480 e. The number of hydrogen-bond donors (Lipinski definition) is 10. The summed E-state index contributed by atoms with van der Waals surface area (Å²) in [5.41, 5.74) is 7.37. The molecule has 38 heteroatoms. The third kappa shape index (κ3) is 36.0.